The highest BCUT2D eigenvalue weighted by atomic mass is 19.4. The highest BCUT2D eigenvalue weighted by molar-refractivity contribution is 5.75. The van der Waals surface area contributed by atoms with Gasteiger partial charge >= 0.3 is 12.1 Å². The lowest BCUT2D eigenvalue weighted by Gasteiger charge is -2.45. The summed E-state index contributed by atoms with van der Waals surface area (Å²) in [5.74, 6) is 1.87. The van der Waals surface area contributed by atoms with E-state index in [9.17, 15) is 22.4 Å². The van der Waals surface area contributed by atoms with Gasteiger partial charge in [0.1, 0.15) is 11.6 Å². The normalized spacial score (nSPS) is 31.6. The number of benzene rings is 1. The van der Waals surface area contributed by atoms with Crippen molar-refractivity contribution < 1.29 is 27.1 Å². The molecule has 4 atom stereocenters. The SMILES string of the molecule is CCCCCC1CCC2CC(C3CCC(C(=O)Oc4ccc(C(F)(F)F)c(F)c4)CC3)CCC2C1. The molecule has 4 rings (SSSR count). The van der Waals surface area contributed by atoms with E-state index < -0.39 is 23.5 Å². The zero-order valence-corrected chi connectivity index (χ0v) is 20.9. The molecule has 2 nitrogen and oxygen atoms in total. The number of esters is 1. The average Bonchev–Trinajstić information content (AvgIpc) is 2.83. The molecular formula is C29H40F4O2. The number of carbonyl (C=O) groups excluding carboxylic acids is 1. The molecule has 0 spiro atoms. The molecule has 3 fully saturated rings. The largest absolute Gasteiger partial charge is 0.426 e. The summed E-state index contributed by atoms with van der Waals surface area (Å²) in [6, 6.07) is 2.31. The summed E-state index contributed by atoms with van der Waals surface area (Å²) in [7, 11) is 0. The van der Waals surface area contributed by atoms with Crippen molar-refractivity contribution in [1.82, 2.24) is 0 Å². The zero-order chi connectivity index (χ0) is 25.0. The third-order valence-electron chi connectivity index (χ3n) is 9.21. The van der Waals surface area contributed by atoms with Crippen LogP contribution in [0.1, 0.15) is 102 Å². The van der Waals surface area contributed by atoms with E-state index in [0.29, 0.717) is 18.1 Å². The Balaban J connectivity index is 1.22. The van der Waals surface area contributed by atoms with Crippen LogP contribution in [0.15, 0.2) is 18.2 Å². The number of rotatable bonds is 7. The molecule has 1 aromatic carbocycles. The van der Waals surface area contributed by atoms with E-state index >= 15 is 0 Å². The van der Waals surface area contributed by atoms with Crippen molar-refractivity contribution in [3.63, 3.8) is 0 Å². The summed E-state index contributed by atoms with van der Waals surface area (Å²) in [5, 5.41) is 0. The van der Waals surface area contributed by atoms with Crippen molar-refractivity contribution in [3.8, 4) is 5.75 Å². The Morgan fingerprint density at radius 2 is 1.51 bits per heavy atom. The van der Waals surface area contributed by atoms with Gasteiger partial charge in [-0.1, -0.05) is 39.0 Å². The van der Waals surface area contributed by atoms with E-state index in [1.165, 1.54) is 64.2 Å². The van der Waals surface area contributed by atoms with Crippen LogP contribution in [0, 0.1) is 41.3 Å². The number of ether oxygens (including phenoxy) is 1. The number of alkyl halides is 3. The molecule has 3 aliphatic carbocycles. The number of hydrogen-bond acceptors (Lipinski definition) is 2. The standard InChI is InChI=1S/C29H40F4O2/c1-2-3-4-5-19-6-7-24-17-23(13-12-22(24)16-19)20-8-10-21(11-9-20)28(34)35-25-14-15-26(27(30)18-25)29(31,32)33/h14-15,18-24H,2-13,16-17H2,1H3. The van der Waals surface area contributed by atoms with E-state index in [0.717, 1.165) is 55.4 Å². The average molecular weight is 497 g/mol. The smallest absolute Gasteiger partial charge is 0.419 e. The first-order valence-electron chi connectivity index (χ1n) is 13.8. The van der Waals surface area contributed by atoms with Crippen molar-refractivity contribution in [2.75, 3.05) is 0 Å². The third-order valence-corrected chi connectivity index (χ3v) is 9.21. The Kier molecular flexibility index (Phi) is 8.80. The number of halogens is 4. The van der Waals surface area contributed by atoms with Crippen molar-refractivity contribution >= 4 is 5.97 Å². The predicted molar refractivity (Wildman–Crippen MR) is 128 cm³/mol. The maximum atomic E-state index is 13.8. The van der Waals surface area contributed by atoms with Gasteiger partial charge in [-0.25, -0.2) is 4.39 Å². The maximum absolute atomic E-state index is 13.8. The van der Waals surface area contributed by atoms with Gasteiger partial charge < -0.3 is 4.74 Å². The minimum Gasteiger partial charge on any atom is -0.426 e. The van der Waals surface area contributed by atoms with Crippen molar-refractivity contribution in [3.05, 3.63) is 29.6 Å². The van der Waals surface area contributed by atoms with Gasteiger partial charge in [0, 0.05) is 6.07 Å². The molecule has 6 heteroatoms. The first-order valence-corrected chi connectivity index (χ1v) is 13.8. The minimum absolute atomic E-state index is 0.161. The van der Waals surface area contributed by atoms with Crippen LogP contribution in [0.25, 0.3) is 0 Å². The van der Waals surface area contributed by atoms with E-state index in [1.807, 2.05) is 0 Å². The van der Waals surface area contributed by atoms with Crippen LogP contribution < -0.4 is 4.74 Å². The fourth-order valence-electron chi connectivity index (χ4n) is 7.21. The lowest BCUT2D eigenvalue weighted by atomic mass is 9.60. The van der Waals surface area contributed by atoms with Gasteiger partial charge in [-0.15, -0.1) is 0 Å². The van der Waals surface area contributed by atoms with Crippen LogP contribution in [0.4, 0.5) is 17.6 Å². The van der Waals surface area contributed by atoms with Gasteiger partial charge in [-0.3, -0.25) is 4.79 Å². The number of hydrogen-bond donors (Lipinski definition) is 0. The van der Waals surface area contributed by atoms with E-state index in [-0.39, 0.29) is 11.7 Å². The second-order valence-electron chi connectivity index (χ2n) is 11.4. The summed E-state index contributed by atoms with van der Waals surface area (Å²) < 4.78 is 57.3. The van der Waals surface area contributed by atoms with Gasteiger partial charge in [-0.2, -0.15) is 13.2 Å². The molecule has 3 aliphatic rings. The van der Waals surface area contributed by atoms with E-state index in [4.69, 9.17) is 4.74 Å². The van der Waals surface area contributed by atoms with Crippen molar-refractivity contribution in [2.24, 2.45) is 35.5 Å². The molecule has 0 aliphatic heterocycles. The van der Waals surface area contributed by atoms with Gasteiger partial charge in [0.15, 0.2) is 0 Å². The molecule has 3 saturated carbocycles. The third kappa shape index (κ3) is 6.80. The Morgan fingerprint density at radius 1 is 0.886 bits per heavy atom. The summed E-state index contributed by atoms with van der Waals surface area (Å²) in [5.41, 5.74) is -1.35. The number of carbonyl (C=O) groups is 1. The number of unbranched alkanes of at least 4 members (excludes halogenated alkanes) is 2. The van der Waals surface area contributed by atoms with E-state index in [2.05, 4.69) is 6.92 Å². The molecule has 1 aromatic rings. The quantitative estimate of drug-likeness (QED) is 0.163. The van der Waals surface area contributed by atoms with Crippen LogP contribution in [-0.4, -0.2) is 5.97 Å². The number of fused-ring (bicyclic) bond motifs is 1. The molecule has 0 bridgehead atoms. The second-order valence-corrected chi connectivity index (χ2v) is 11.4. The zero-order valence-electron chi connectivity index (χ0n) is 20.9. The predicted octanol–water partition coefficient (Wildman–Crippen LogP) is 8.97. The molecule has 0 radical (unpaired) electrons. The lowest BCUT2D eigenvalue weighted by Crippen LogP contribution is -2.35. The molecule has 0 N–H and O–H groups in total. The van der Waals surface area contributed by atoms with Crippen LogP contribution >= 0.6 is 0 Å². The van der Waals surface area contributed by atoms with Crippen LogP contribution in [-0.2, 0) is 11.0 Å². The van der Waals surface area contributed by atoms with E-state index in [1.54, 1.807) is 0 Å². The summed E-state index contributed by atoms with van der Waals surface area (Å²) >= 11 is 0. The lowest BCUT2D eigenvalue weighted by molar-refractivity contribution is -0.140. The highest BCUT2D eigenvalue weighted by Gasteiger charge is 2.39. The summed E-state index contributed by atoms with van der Waals surface area (Å²) in [4.78, 5) is 12.6. The maximum Gasteiger partial charge on any atom is 0.419 e. The van der Waals surface area contributed by atoms with Crippen LogP contribution in [0.5, 0.6) is 5.75 Å². The van der Waals surface area contributed by atoms with Crippen LogP contribution in [0.2, 0.25) is 0 Å². The summed E-state index contributed by atoms with van der Waals surface area (Å²) in [6.45, 7) is 2.27. The second kappa shape index (κ2) is 11.6. The minimum atomic E-state index is -4.77. The topological polar surface area (TPSA) is 26.3 Å². The Morgan fingerprint density at radius 3 is 2.17 bits per heavy atom. The van der Waals surface area contributed by atoms with Gasteiger partial charge in [0.05, 0.1) is 11.5 Å². The summed E-state index contributed by atoms with van der Waals surface area (Å²) in [6.07, 6.45) is 12.5. The Labute approximate surface area is 207 Å². The molecule has 0 heterocycles. The molecular weight excluding hydrogens is 456 g/mol. The van der Waals surface area contributed by atoms with Gasteiger partial charge in [0.2, 0.25) is 0 Å². The Bertz CT molecular complexity index is 844. The van der Waals surface area contributed by atoms with Crippen molar-refractivity contribution in [2.45, 2.75) is 103 Å². The molecule has 0 aromatic heterocycles. The first kappa shape index (κ1) is 26.5. The molecule has 0 amide bonds. The molecule has 35 heavy (non-hydrogen) atoms. The van der Waals surface area contributed by atoms with Gasteiger partial charge in [0.25, 0.3) is 0 Å². The molecule has 0 saturated heterocycles. The fourth-order valence-corrected chi connectivity index (χ4v) is 7.21. The molecule has 4 unspecified atom stereocenters. The molecule has 196 valence electrons. The monoisotopic (exact) mass is 496 g/mol. The highest BCUT2D eigenvalue weighted by Crippen LogP contribution is 2.49. The Hall–Kier alpha value is -1.59. The first-order chi connectivity index (χ1) is 16.7. The van der Waals surface area contributed by atoms with Crippen LogP contribution in [0.3, 0.4) is 0 Å². The van der Waals surface area contributed by atoms with Crippen molar-refractivity contribution in [1.29, 1.82) is 0 Å². The fraction of sp³-hybridized carbons (Fsp3) is 0.759. The van der Waals surface area contributed by atoms with Gasteiger partial charge in [-0.05, 0) is 99.5 Å².